The zero-order chi connectivity index (χ0) is 15.4. The van der Waals surface area contributed by atoms with Crippen LogP contribution in [0.25, 0.3) is 0 Å². The van der Waals surface area contributed by atoms with Gasteiger partial charge in [0.25, 0.3) is 5.91 Å². The van der Waals surface area contributed by atoms with Crippen LogP contribution in [-0.4, -0.2) is 48.6 Å². The van der Waals surface area contributed by atoms with Crippen LogP contribution in [0, 0.1) is 5.82 Å². The normalized spacial score (nSPS) is 22.0. The fraction of sp³-hybridized carbons (Fsp3) is 0.467. The molecule has 1 saturated heterocycles. The smallest absolute Gasteiger partial charge is 0.251 e. The maximum atomic E-state index is 13.0. The van der Waals surface area contributed by atoms with Gasteiger partial charge < -0.3 is 15.0 Å². The molecule has 1 fully saturated rings. The van der Waals surface area contributed by atoms with Crippen LogP contribution in [0.2, 0.25) is 0 Å². The number of carbonyl (C=O) groups excluding carboxylic acids is 2. The molecule has 1 aliphatic heterocycles. The Balaban J connectivity index is 1.87. The van der Waals surface area contributed by atoms with Gasteiger partial charge in [-0.3, -0.25) is 9.59 Å². The van der Waals surface area contributed by atoms with Gasteiger partial charge in [-0.05, 0) is 32.0 Å². The lowest BCUT2D eigenvalue weighted by atomic mass is 10.2. The van der Waals surface area contributed by atoms with Crippen molar-refractivity contribution in [1.29, 1.82) is 0 Å². The molecule has 0 radical (unpaired) electrons. The monoisotopic (exact) mass is 294 g/mol. The molecule has 5 nitrogen and oxygen atoms in total. The molecular formula is C15H19FN2O3. The van der Waals surface area contributed by atoms with Gasteiger partial charge in [0.1, 0.15) is 5.82 Å². The van der Waals surface area contributed by atoms with Crippen LogP contribution in [0.3, 0.4) is 0 Å². The van der Waals surface area contributed by atoms with Crippen LogP contribution in [0.1, 0.15) is 24.2 Å². The summed E-state index contributed by atoms with van der Waals surface area (Å²) in [6.07, 6.45) is -0.0340. The molecule has 0 aliphatic carbocycles. The summed E-state index contributed by atoms with van der Waals surface area (Å²) in [7, 11) is 0. The Bertz CT molecular complexity index is 525. The lowest BCUT2D eigenvalue weighted by Gasteiger charge is -2.35. The Morgan fingerprint density at radius 1 is 1.33 bits per heavy atom. The van der Waals surface area contributed by atoms with Crippen LogP contribution in [0.15, 0.2) is 24.3 Å². The van der Waals surface area contributed by atoms with Gasteiger partial charge in [-0.15, -0.1) is 0 Å². The first kappa shape index (κ1) is 15.4. The van der Waals surface area contributed by atoms with E-state index in [2.05, 4.69) is 5.32 Å². The summed E-state index contributed by atoms with van der Waals surface area (Å²) in [5.41, 5.74) is 0.200. The predicted octanol–water partition coefficient (Wildman–Crippen LogP) is 1.19. The second-order valence-electron chi connectivity index (χ2n) is 5.25. The summed E-state index contributed by atoms with van der Waals surface area (Å²) < 4.78 is 18.6. The Hall–Kier alpha value is -1.95. The highest BCUT2D eigenvalue weighted by Gasteiger charge is 2.25. The molecule has 1 heterocycles. The summed E-state index contributed by atoms with van der Waals surface area (Å²) in [6.45, 7) is 4.73. The molecule has 0 bridgehead atoms. The van der Waals surface area contributed by atoms with Gasteiger partial charge in [0, 0.05) is 18.7 Å². The van der Waals surface area contributed by atoms with Crippen molar-refractivity contribution in [2.75, 3.05) is 19.6 Å². The molecule has 21 heavy (non-hydrogen) atoms. The number of amides is 2. The minimum atomic E-state index is -0.482. The average molecular weight is 294 g/mol. The highest BCUT2D eigenvalue weighted by atomic mass is 19.1. The van der Waals surface area contributed by atoms with E-state index in [0.717, 1.165) is 6.07 Å². The van der Waals surface area contributed by atoms with Gasteiger partial charge in [0.2, 0.25) is 5.91 Å². The molecule has 2 atom stereocenters. The van der Waals surface area contributed by atoms with Gasteiger partial charge >= 0.3 is 0 Å². The average Bonchev–Trinajstić information content (AvgIpc) is 2.43. The van der Waals surface area contributed by atoms with Gasteiger partial charge in [0.05, 0.1) is 18.8 Å². The summed E-state index contributed by atoms with van der Waals surface area (Å²) >= 11 is 0. The minimum Gasteiger partial charge on any atom is -0.372 e. The topological polar surface area (TPSA) is 58.6 Å². The van der Waals surface area contributed by atoms with E-state index in [-0.39, 0.29) is 30.2 Å². The lowest BCUT2D eigenvalue weighted by Crippen LogP contribution is -2.51. The van der Waals surface area contributed by atoms with E-state index in [1.807, 2.05) is 13.8 Å². The second kappa shape index (κ2) is 6.67. The molecule has 114 valence electrons. The minimum absolute atomic E-state index is 0.0170. The van der Waals surface area contributed by atoms with Crippen molar-refractivity contribution in [1.82, 2.24) is 10.2 Å². The third-order valence-electron chi connectivity index (χ3n) is 3.26. The largest absolute Gasteiger partial charge is 0.372 e. The van der Waals surface area contributed by atoms with Crippen molar-refractivity contribution in [3.63, 3.8) is 0 Å². The highest BCUT2D eigenvalue weighted by Crippen LogP contribution is 2.10. The first-order chi connectivity index (χ1) is 9.95. The Morgan fingerprint density at radius 3 is 2.62 bits per heavy atom. The maximum absolute atomic E-state index is 13.0. The van der Waals surface area contributed by atoms with Gasteiger partial charge in [-0.1, -0.05) is 6.07 Å². The van der Waals surface area contributed by atoms with E-state index < -0.39 is 11.7 Å². The van der Waals surface area contributed by atoms with Gasteiger partial charge in [-0.2, -0.15) is 0 Å². The number of hydrogen-bond donors (Lipinski definition) is 1. The number of carbonyl (C=O) groups is 2. The summed E-state index contributed by atoms with van der Waals surface area (Å²) in [4.78, 5) is 25.6. The molecule has 6 heteroatoms. The van der Waals surface area contributed by atoms with Crippen molar-refractivity contribution in [3.8, 4) is 0 Å². The lowest BCUT2D eigenvalue weighted by molar-refractivity contribution is -0.142. The molecule has 0 aromatic heterocycles. The zero-order valence-electron chi connectivity index (χ0n) is 12.1. The van der Waals surface area contributed by atoms with Crippen LogP contribution in [0.5, 0.6) is 0 Å². The number of nitrogens with one attached hydrogen (secondary N) is 1. The predicted molar refractivity (Wildman–Crippen MR) is 75.3 cm³/mol. The molecule has 1 N–H and O–H groups in total. The number of benzene rings is 1. The SMILES string of the molecule is CC1CN(C(=O)CNC(=O)c2cccc(F)c2)CC(C)O1. The Kier molecular flexibility index (Phi) is 4.90. The van der Waals surface area contributed by atoms with Crippen LogP contribution >= 0.6 is 0 Å². The first-order valence-electron chi connectivity index (χ1n) is 6.92. The number of nitrogens with zero attached hydrogens (tertiary/aromatic N) is 1. The number of hydrogen-bond acceptors (Lipinski definition) is 3. The zero-order valence-corrected chi connectivity index (χ0v) is 12.1. The summed E-state index contributed by atoms with van der Waals surface area (Å²) in [5, 5.41) is 2.52. The molecular weight excluding hydrogens is 275 g/mol. The second-order valence-corrected chi connectivity index (χ2v) is 5.25. The van der Waals surface area contributed by atoms with Crippen molar-refractivity contribution in [2.45, 2.75) is 26.1 Å². The molecule has 1 aromatic rings. The fourth-order valence-electron chi connectivity index (χ4n) is 2.38. The Labute approximate surface area is 123 Å². The highest BCUT2D eigenvalue weighted by molar-refractivity contribution is 5.96. The summed E-state index contributed by atoms with van der Waals surface area (Å²) in [6, 6.07) is 5.36. The van der Waals surface area contributed by atoms with Crippen LogP contribution in [0.4, 0.5) is 4.39 Å². The van der Waals surface area contributed by atoms with E-state index in [9.17, 15) is 14.0 Å². The maximum Gasteiger partial charge on any atom is 0.251 e. The van der Waals surface area contributed by atoms with Crippen molar-refractivity contribution >= 4 is 11.8 Å². The van der Waals surface area contributed by atoms with E-state index in [0.29, 0.717) is 13.1 Å². The summed E-state index contributed by atoms with van der Waals surface area (Å²) in [5.74, 6) is -1.11. The standard InChI is InChI=1S/C15H19FN2O3/c1-10-8-18(9-11(2)21-10)14(19)7-17-15(20)12-4-3-5-13(16)6-12/h3-6,10-11H,7-9H2,1-2H3,(H,17,20). The Morgan fingerprint density at radius 2 is 2.00 bits per heavy atom. The van der Waals surface area contributed by atoms with E-state index in [4.69, 9.17) is 4.74 Å². The van der Waals surface area contributed by atoms with E-state index in [1.165, 1.54) is 18.2 Å². The fourth-order valence-corrected chi connectivity index (χ4v) is 2.38. The third kappa shape index (κ3) is 4.26. The van der Waals surface area contributed by atoms with Gasteiger partial charge in [-0.25, -0.2) is 4.39 Å². The van der Waals surface area contributed by atoms with Crippen LogP contribution < -0.4 is 5.32 Å². The van der Waals surface area contributed by atoms with Crippen molar-refractivity contribution in [3.05, 3.63) is 35.6 Å². The number of ether oxygens (including phenoxy) is 1. The third-order valence-corrected chi connectivity index (χ3v) is 3.26. The molecule has 0 saturated carbocycles. The molecule has 1 aromatic carbocycles. The molecule has 1 aliphatic rings. The molecule has 2 amide bonds. The molecule has 2 unspecified atom stereocenters. The molecule has 0 spiro atoms. The van der Waals surface area contributed by atoms with Crippen LogP contribution in [-0.2, 0) is 9.53 Å². The first-order valence-corrected chi connectivity index (χ1v) is 6.92. The number of rotatable bonds is 3. The van der Waals surface area contributed by atoms with Crippen molar-refractivity contribution < 1.29 is 18.7 Å². The van der Waals surface area contributed by atoms with Gasteiger partial charge in [0.15, 0.2) is 0 Å². The number of morpholine rings is 1. The van der Waals surface area contributed by atoms with E-state index >= 15 is 0 Å². The molecule has 2 rings (SSSR count). The number of halogens is 1. The quantitative estimate of drug-likeness (QED) is 0.911. The van der Waals surface area contributed by atoms with Crippen molar-refractivity contribution in [2.24, 2.45) is 0 Å². The van der Waals surface area contributed by atoms with E-state index in [1.54, 1.807) is 4.90 Å².